The molecular formula is C23H20FN3O4S2. The number of halogens is 1. The van der Waals surface area contributed by atoms with Crippen LogP contribution in [0.2, 0.25) is 0 Å². The summed E-state index contributed by atoms with van der Waals surface area (Å²) in [6.07, 6.45) is 0. The molecule has 0 bridgehead atoms. The van der Waals surface area contributed by atoms with Crippen molar-refractivity contribution in [2.45, 2.75) is 11.7 Å². The highest BCUT2D eigenvalue weighted by Gasteiger charge is 2.15. The average molecular weight is 486 g/mol. The number of fused-ring (bicyclic) bond motifs is 1. The van der Waals surface area contributed by atoms with Gasteiger partial charge in [-0.05, 0) is 41.3 Å². The van der Waals surface area contributed by atoms with Gasteiger partial charge >= 0.3 is 0 Å². The zero-order chi connectivity index (χ0) is 23.4. The number of thiophene rings is 1. The first kappa shape index (κ1) is 22.8. The van der Waals surface area contributed by atoms with Crippen LogP contribution >= 0.6 is 23.1 Å². The van der Waals surface area contributed by atoms with Crippen LogP contribution in [0.1, 0.15) is 5.56 Å². The van der Waals surface area contributed by atoms with Crippen LogP contribution in [0.4, 0.5) is 10.1 Å². The molecule has 33 heavy (non-hydrogen) atoms. The number of thioether (sulfide) groups is 1. The van der Waals surface area contributed by atoms with Gasteiger partial charge in [0.2, 0.25) is 5.91 Å². The number of ether oxygens (including phenoxy) is 2. The molecule has 0 aliphatic rings. The fourth-order valence-corrected chi connectivity index (χ4v) is 4.73. The monoisotopic (exact) mass is 485 g/mol. The number of benzene rings is 2. The van der Waals surface area contributed by atoms with Crippen LogP contribution in [0.3, 0.4) is 0 Å². The molecule has 4 aromatic rings. The van der Waals surface area contributed by atoms with Gasteiger partial charge in [0.1, 0.15) is 10.4 Å². The van der Waals surface area contributed by atoms with Crippen molar-refractivity contribution in [3.05, 3.63) is 75.6 Å². The molecule has 0 saturated carbocycles. The number of carbonyl (C=O) groups is 1. The number of hydrogen-bond donors (Lipinski definition) is 1. The molecule has 0 aliphatic heterocycles. The fourth-order valence-electron chi connectivity index (χ4n) is 3.16. The van der Waals surface area contributed by atoms with Crippen molar-refractivity contribution < 1.29 is 18.7 Å². The number of anilines is 1. The minimum absolute atomic E-state index is 0.00164. The maximum absolute atomic E-state index is 13.9. The Bertz CT molecular complexity index is 1350. The van der Waals surface area contributed by atoms with E-state index >= 15 is 0 Å². The van der Waals surface area contributed by atoms with E-state index in [0.29, 0.717) is 27.6 Å². The molecule has 7 nitrogen and oxygen atoms in total. The van der Waals surface area contributed by atoms with Crippen LogP contribution in [-0.2, 0) is 11.3 Å². The Kier molecular flexibility index (Phi) is 6.95. The summed E-state index contributed by atoms with van der Waals surface area (Å²) in [5.41, 5.74) is 1.65. The lowest BCUT2D eigenvalue weighted by atomic mass is 10.2. The van der Waals surface area contributed by atoms with Gasteiger partial charge in [0.15, 0.2) is 16.7 Å². The molecule has 0 radical (unpaired) electrons. The lowest BCUT2D eigenvalue weighted by Gasteiger charge is -2.13. The van der Waals surface area contributed by atoms with Crippen molar-refractivity contribution in [2.24, 2.45) is 0 Å². The summed E-state index contributed by atoms with van der Waals surface area (Å²) in [6.45, 7) is 0.303. The summed E-state index contributed by atoms with van der Waals surface area (Å²) in [7, 11) is 2.96. The third kappa shape index (κ3) is 5.18. The Morgan fingerprint density at radius 3 is 2.64 bits per heavy atom. The van der Waals surface area contributed by atoms with Crippen LogP contribution in [0.5, 0.6) is 11.5 Å². The maximum atomic E-state index is 13.9. The van der Waals surface area contributed by atoms with Gasteiger partial charge in [-0.1, -0.05) is 23.9 Å². The molecule has 0 fully saturated rings. The van der Waals surface area contributed by atoms with E-state index in [0.717, 1.165) is 23.1 Å². The van der Waals surface area contributed by atoms with Gasteiger partial charge in [-0.3, -0.25) is 14.2 Å². The zero-order valence-electron chi connectivity index (χ0n) is 17.8. The highest BCUT2D eigenvalue weighted by molar-refractivity contribution is 7.99. The third-order valence-electron chi connectivity index (χ3n) is 4.80. The Hall–Kier alpha value is -3.37. The number of nitrogens with one attached hydrogen (secondary N) is 1. The number of methoxy groups -OCH3 is 2. The average Bonchev–Trinajstić information content (AvgIpc) is 3.29. The van der Waals surface area contributed by atoms with E-state index < -0.39 is 5.82 Å². The van der Waals surface area contributed by atoms with Crippen molar-refractivity contribution in [2.75, 3.05) is 25.3 Å². The van der Waals surface area contributed by atoms with E-state index in [1.807, 2.05) is 29.6 Å². The normalized spacial score (nSPS) is 10.9. The second-order valence-electron chi connectivity index (χ2n) is 6.95. The topological polar surface area (TPSA) is 82.4 Å². The summed E-state index contributed by atoms with van der Waals surface area (Å²) < 4.78 is 26.1. The third-order valence-corrected chi connectivity index (χ3v) is 6.67. The van der Waals surface area contributed by atoms with E-state index in [4.69, 9.17) is 9.47 Å². The van der Waals surface area contributed by atoms with Crippen LogP contribution in [0.15, 0.2) is 63.9 Å². The van der Waals surface area contributed by atoms with E-state index in [-0.39, 0.29) is 23.0 Å². The van der Waals surface area contributed by atoms with Gasteiger partial charge in [-0.25, -0.2) is 9.37 Å². The van der Waals surface area contributed by atoms with Crippen LogP contribution < -0.4 is 20.3 Å². The molecule has 0 aliphatic carbocycles. The number of amides is 1. The maximum Gasteiger partial charge on any atom is 0.272 e. The number of carbonyl (C=O) groups excluding carboxylic acids is 1. The molecule has 10 heteroatoms. The van der Waals surface area contributed by atoms with Crippen molar-refractivity contribution in [3.63, 3.8) is 0 Å². The largest absolute Gasteiger partial charge is 0.497 e. The van der Waals surface area contributed by atoms with Gasteiger partial charge in [-0.15, -0.1) is 11.3 Å². The number of rotatable bonds is 8. The van der Waals surface area contributed by atoms with Gasteiger partial charge in [0.05, 0.1) is 32.0 Å². The molecule has 0 spiro atoms. The second kappa shape index (κ2) is 10.1. The van der Waals surface area contributed by atoms with Gasteiger partial charge < -0.3 is 14.8 Å². The van der Waals surface area contributed by atoms with Crippen molar-refractivity contribution >= 4 is 44.9 Å². The van der Waals surface area contributed by atoms with E-state index in [1.54, 1.807) is 23.8 Å². The highest BCUT2D eigenvalue weighted by atomic mass is 32.2. The minimum Gasteiger partial charge on any atom is -0.497 e. The molecule has 4 rings (SSSR count). The molecular weight excluding hydrogens is 465 g/mol. The Morgan fingerprint density at radius 2 is 1.94 bits per heavy atom. The van der Waals surface area contributed by atoms with E-state index in [1.165, 1.54) is 30.6 Å². The number of hydrogen-bond acceptors (Lipinski definition) is 7. The summed E-state index contributed by atoms with van der Waals surface area (Å²) in [5.74, 6) is -0.100. The van der Waals surface area contributed by atoms with E-state index in [9.17, 15) is 14.0 Å². The standard InChI is InChI=1S/C23H20FN3O4S2/c1-30-16-6-3-14(4-7-16)12-27-22(29)21-18(9-10-32-21)26-23(27)33-13-20(28)25-15-5-8-19(31-2)17(24)11-15/h3-11H,12-13H2,1-2H3,(H,25,28). The number of aromatic nitrogens is 2. The van der Waals surface area contributed by atoms with Crippen LogP contribution in [0, 0.1) is 5.82 Å². The van der Waals surface area contributed by atoms with Crippen LogP contribution in [-0.4, -0.2) is 35.4 Å². The van der Waals surface area contributed by atoms with Gasteiger partial charge in [-0.2, -0.15) is 0 Å². The predicted molar refractivity (Wildman–Crippen MR) is 128 cm³/mol. The second-order valence-corrected chi connectivity index (χ2v) is 8.81. The zero-order valence-corrected chi connectivity index (χ0v) is 19.5. The van der Waals surface area contributed by atoms with Crippen molar-refractivity contribution in [3.8, 4) is 11.5 Å². The molecule has 1 amide bonds. The fraction of sp³-hybridized carbons (Fsp3) is 0.174. The minimum atomic E-state index is -0.569. The predicted octanol–water partition coefficient (Wildman–Crippen LogP) is 4.39. The number of nitrogens with zero attached hydrogens (tertiary/aromatic N) is 2. The quantitative estimate of drug-likeness (QED) is 0.294. The lowest BCUT2D eigenvalue weighted by Crippen LogP contribution is -2.24. The first-order valence-electron chi connectivity index (χ1n) is 9.85. The molecule has 2 heterocycles. The molecule has 2 aromatic heterocycles. The first-order valence-corrected chi connectivity index (χ1v) is 11.7. The lowest BCUT2D eigenvalue weighted by molar-refractivity contribution is -0.113. The van der Waals surface area contributed by atoms with Crippen LogP contribution in [0.25, 0.3) is 10.2 Å². The smallest absolute Gasteiger partial charge is 0.272 e. The molecule has 170 valence electrons. The molecule has 2 aromatic carbocycles. The summed E-state index contributed by atoms with van der Waals surface area (Å²) in [5, 5.41) is 4.89. The Labute approximate surface area is 197 Å². The first-order chi connectivity index (χ1) is 16.0. The van der Waals surface area contributed by atoms with E-state index in [2.05, 4.69) is 10.3 Å². The SMILES string of the molecule is COc1ccc(Cn2c(SCC(=O)Nc3ccc(OC)c(F)c3)nc3ccsc3c2=O)cc1. The molecule has 0 unspecified atom stereocenters. The van der Waals surface area contributed by atoms with Crippen molar-refractivity contribution in [1.82, 2.24) is 9.55 Å². The van der Waals surface area contributed by atoms with Gasteiger partial charge in [0, 0.05) is 11.8 Å². The van der Waals surface area contributed by atoms with Gasteiger partial charge in [0.25, 0.3) is 5.56 Å². The highest BCUT2D eigenvalue weighted by Crippen LogP contribution is 2.24. The Balaban J connectivity index is 1.54. The Morgan fingerprint density at radius 1 is 1.15 bits per heavy atom. The molecule has 0 atom stereocenters. The van der Waals surface area contributed by atoms with Crippen molar-refractivity contribution in [1.29, 1.82) is 0 Å². The molecule has 1 N–H and O–H groups in total. The summed E-state index contributed by atoms with van der Waals surface area (Å²) in [4.78, 5) is 30.2. The summed E-state index contributed by atoms with van der Waals surface area (Å²) in [6, 6.07) is 13.4. The molecule has 0 saturated heterocycles. The summed E-state index contributed by atoms with van der Waals surface area (Å²) >= 11 is 2.48.